The van der Waals surface area contributed by atoms with E-state index in [1.165, 1.54) is 22.9 Å². The first-order valence-corrected chi connectivity index (χ1v) is 13.1. The topological polar surface area (TPSA) is 89.1 Å². The Morgan fingerprint density at radius 2 is 1.92 bits per heavy atom. The van der Waals surface area contributed by atoms with Crippen LogP contribution >= 0.6 is 0 Å². The van der Waals surface area contributed by atoms with E-state index >= 15 is 0 Å². The normalized spacial score (nSPS) is 20.8. The van der Waals surface area contributed by atoms with Crippen molar-refractivity contribution in [3.8, 4) is 5.69 Å². The zero-order chi connectivity index (χ0) is 25.5. The quantitative estimate of drug-likeness (QED) is 0.367. The Kier molecular flexibility index (Phi) is 7.17. The zero-order valence-electron chi connectivity index (χ0n) is 21.3. The van der Waals surface area contributed by atoms with Gasteiger partial charge in [-0.1, -0.05) is 62.4 Å². The van der Waals surface area contributed by atoms with Crippen LogP contribution in [0.1, 0.15) is 77.5 Å². The number of carboxylic acid groups (broad SMARTS) is 1. The maximum atomic E-state index is 12.1. The first kappa shape index (κ1) is 25.9. The molecule has 0 saturated heterocycles. The number of carboxylic acids is 1. The molecule has 3 heterocycles. The minimum absolute atomic E-state index is 0. The van der Waals surface area contributed by atoms with Gasteiger partial charge in [-0.15, -0.1) is 5.10 Å². The van der Waals surface area contributed by atoms with E-state index in [1.807, 2.05) is 30.1 Å². The summed E-state index contributed by atoms with van der Waals surface area (Å²) in [5.74, 6) is -0.0958. The van der Waals surface area contributed by atoms with Crippen LogP contribution in [0.15, 0.2) is 60.9 Å². The van der Waals surface area contributed by atoms with Crippen LogP contribution in [0, 0.1) is 5.92 Å². The number of hydrogen-bond donors (Lipinski definition) is 1. The molecule has 1 N–H and O–H groups in total. The third-order valence-electron chi connectivity index (χ3n) is 7.85. The van der Waals surface area contributed by atoms with Gasteiger partial charge in [0.15, 0.2) is 0 Å². The number of aromatic carboxylic acids is 1. The fourth-order valence-electron chi connectivity index (χ4n) is 5.84. The molecule has 2 aromatic heterocycles. The van der Waals surface area contributed by atoms with E-state index < -0.39 is 5.97 Å². The molecule has 8 heteroatoms. The number of carbonyl (C=O) groups is 1. The van der Waals surface area contributed by atoms with E-state index in [4.69, 9.17) is 0 Å². The minimum atomic E-state index is -0.948. The second-order valence-corrected chi connectivity index (χ2v) is 10.5. The summed E-state index contributed by atoms with van der Waals surface area (Å²) in [7, 11) is 1.85. The summed E-state index contributed by atoms with van der Waals surface area (Å²) in [5, 5.41) is 22.8. The maximum Gasteiger partial charge on any atom is 0.339 e. The van der Waals surface area contributed by atoms with Gasteiger partial charge in [-0.3, -0.25) is 9.58 Å². The highest BCUT2D eigenvalue weighted by molar-refractivity contribution is 5.89. The Balaban J connectivity index is 0.00000294. The number of rotatable bonds is 7. The molecule has 1 aliphatic carbocycles. The van der Waals surface area contributed by atoms with E-state index in [0.29, 0.717) is 5.92 Å². The Bertz CT molecular complexity index is 1440. The zero-order valence-corrected chi connectivity index (χ0v) is 21.3. The molecule has 0 unspecified atom stereocenters. The van der Waals surface area contributed by atoms with Crippen molar-refractivity contribution in [2.45, 2.75) is 58.5 Å². The molecule has 0 spiro atoms. The van der Waals surface area contributed by atoms with Gasteiger partial charge in [0, 0.05) is 44.7 Å². The minimum Gasteiger partial charge on any atom is -0.478 e. The number of nitrogens with zero attached hydrogens (tertiary/aromatic N) is 6. The summed E-state index contributed by atoms with van der Waals surface area (Å²) in [4.78, 5) is 14.6. The van der Waals surface area contributed by atoms with E-state index in [1.54, 1.807) is 4.68 Å². The van der Waals surface area contributed by atoms with Gasteiger partial charge in [-0.2, -0.15) is 5.10 Å². The first-order valence-electron chi connectivity index (χ1n) is 13.1. The number of benzene rings is 2. The van der Waals surface area contributed by atoms with Crippen molar-refractivity contribution in [2.75, 3.05) is 6.54 Å². The number of aromatic nitrogens is 5. The highest BCUT2D eigenvalue weighted by atomic mass is 16.4. The Labute approximate surface area is 223 Å². The van der Waals surface area contributed by atoms with Gasteiger partial charge in [0.2, 0.25) is 0 Å². The van der Waals surface area contributed by atoms with Gasteiger partial charge in [-0.05, 0) is 47.6 Å². The molecule has 6 rings (SSSR count). The van der Waals surface area contributed by atoms with Crippen molar-refractivity contribution in [3.05, 3.63) is 94.6 Å². The smallest absolute Gasteiger partial charge is 0.339 e. The average Bonchev–Trinajstić information content (AvgIpc) is 3.41. The third-order valence-corrected chi connectivity index (χ3v) is 7.85. The van der Waals surface area contributed by atoms with Crippen molar-refractivity contribution >= 4 is 5.97 Å². The van der Waals surface area contributed by atoms with Gasteiger partial charge >= 0.3 is 5.97 Å². The Hall–Kier alpha value is -3.78. The van der Waals surface area contributed by atoms with Crippen LogP contribution in [0.4, 0.5) is 0 Å². The predicted octanol–water partition coefficient (Wildman–Crippen LogP) is 5.19. The van der Waals surface area contributed by atoms with Gasteiger partial charge in [0.25, 0.3) is 0 Å². The molecule has 0 bridgehead atoms. The highest BCUT2D eigenvalue weighted by Gasteiger charge is 2.46. The van der Waals surface area contributed by atoms with E-state index in [9.17, 15) is 9.90 Å². The lowest BCUT2D eigenvalue weighted by atomic mass is 9.96. The van der Waals surface area contributed by atoms with Gasteiger partial charge < -0.3 is 5.11 Å². The summed E-state index contributed by atoms with van der Waals surface area (Å²) < 4.78 is 3.51. The molecule has 0 radical (unpaired) electrons. The molecule has 0 amide bonds. The molecule has 2 aliphatic rings. The second-order valence-electron chi connectivity index (χ2n) is 10.5. The standard InChI is InChI=1S/C29H32N6O2.CH4/c1-3-19-11-21-8-4-5-9-22(21)17-34(15-19)16-20-7-6-10-23(12-20)35-28(26(14-30-35)29(36)37)25-13-24(25)27-18-33(2)32-31-27;/h4-10,12,14,18-19,24-25H,3,11,13,15-17H2,1-2H3,(H,36,37);1H4/t19-,24+,25+;/m0./s1. The van der Waals surface area contributed by atoms with E-state index in [0.717, 1.165) is 56.0 Å². The molecule has 1 fully saturated rings. The van der Waals surface area contributed by atoms with Gasteiger partial charge in [0.1, 0.15) is 5.56 Å². The van der Waals surface area contributed by atoms with Gasteiger partial charge in [0.05, 0.1) is 23.3 Å². The van der Waals surface area contributed by atoms with Crippen LogP contribution in [-0.4, -0.2) is 47.3 Å². The molecule has 38 heavy (non-hydrogen) atoms. The molecular formula is C30H36N6O2. The Morgan fingerprint density at radius 1 is 1.11 bits per heavy atom. The summed E-state index contributed by atoms with van der Waals surface area (Å²) >= 11 is 0. The first-order chi connectivity index (χ1) is 18.0. The van der Waals surface area contributed by atoms with E-state index in [2.05, 4.69) is 63.6 Å². The number of fused-ring (bicyclic) bond motifs is 1. The molecule has 3 atom stereocenters. The van der Waals surface area contributed by atoms with Crippen molar-refractivity contribution in [2.24, 2.45) is 13.0 Å². The van der Waals surface area contributed by atoms with Crippen LogP contribution in [-0.2, 0) is 26.6 Å². The summed E-state index contributed by atoms with van der Waals surface area (Å²) in [6, 6.07) is 17.2. The van der Waals surface area contributed by atoms with Crippen LogP contribution in [0.2, 0.25) is 0 Å². The highest BCUT2D eigenvalue weighted by Crippen LogP contribution is 2.55. The Morgan fingerprint density at radius 3 is 2.66 bits per heavy atom. The van der Waals surface area contributed by atoms with Crippen LogP contribution < -0.4 is 0 Å². The largest absolute Gasteiger partial charge is 0.478 e. The van der Waals surface area contributed by atoms with Crippen molar-refractivity contribution < 1.29 is 9.90 Å². The number of aryl methyl sites for hydroxylation is 1. The van der Waals surface area contributed by atoms with Crippen LogP contribution in [0.3, 0.4) is 0 Å². The fourth-order valence-corrected chi connectivity index (χ4v) is 5.84. The second kappa shape index (κ2) is 10.5. The lowest BCUT2D eigenvalue weighted by Crippen LogP contribution is -2.27. The predicted molar refractivity (Wildman–Crippen MR) is 146 cm³/mol. The average molecular weight is 513 g/mol. The van der Waals surface area contributed by atoms with Crippen LogP contribution in [0.5, 0.6) is 0 Å². The van der Waals surface area contributed by atoms with Gasteiger partial charge in [-0.25, -0.2) is 9.48 Å². The number of hydrogen-bond acceptors (Lipinski definition) is 5. The molecule has 1 saturated carbocycles. The summed E-state index contributed by atoms with van der Waals surface area (Å²) in [6.07, 6.45) is 6.53. The van der Waals surface area contributed by atoms with Crippen LogP contribution in [0.25, 0.3) is 5.69 Å². The maximum absolute atomic E-state index is 12.1. The third kappa shape index (κ3) is 5.00. The fraction of sp³-hybridized carbons (Fsp3) is 0.400. The summed E-state index contributed by atoms with van der Waals surface area (Å²) in [5.41, 5.74) is 6.89. The van der Waals surface area contributed by atoms with Crippen molar-refractivity contribution in [1.29, 1.82) is 0 Å². The van der Waals surface area contributed by atoms with Crippen molar-refractivity contribution in [1.82, 2.24) is 29.7 Å². The summed E-state index contributed by atoms with van der Waals surface area (Å²) in [6.45, 7) is 5.12. The SMILES string of the molecule is C.CC[C@H]1Cc2ccccc2CN(Cc2cccc(-n3ncc(C(=O)O)c3[C@@H]3C[C@H]3c3cn(C)nn3)c2)C1. The molecule has 2 aromatic carbocycles. The van der Waals surface area contributed by atoms with E-state index in [-0.39, 0.29) is 24.8 Å². The van der Waals surface area contributed by atoms with Crippen molar-refractivity contribution in [3.63, 3.8) is 0 Å². The molecule has 8 nitrogen and oxygen atoms in total. The lowest BCUT2D eigenvalue weighted by Gasteiger charge is -2.24. The lowest BCUT2D eigenvalue weighted by molar-refractivity contribution is 0.0695. The molecule has 198 valence electrons. The molecular weight excluding hydrogens is 476 g/mol. The molecule has 4 aromatic rings. The monoisotopic (exact) mass is 512 g/mol. The molecule has 1 aliphatic heterocycles.